The van der Waals surface area contributed by atoms with Gasteiger partial charge in [-0.25, -0.2) is 5.48 Å². The number of carbonyl (C=O) groups is 1. The van der Waals surface area contributed by atoms with Gasteiger partial charge >= 0.3 is 0 Å². The van der Waals surface area contributed by atoms with E-state index in [2.05, 4.69) is 4.98 Å². The molecule has 4 nitrogen and oxygen atoms in total. The Bertz CT molecular complexity index is 477. The predicted octanol–water partition coefficient (Wildman–Crippen LogP) is 1.35. The number of pyridine rings is 1. The molecule has 2 rings (SSSR count). The van der Waals surface area contributed by atoms with Crippen LogP contribution in [0.2, 0.25) is 0 Å². The van der Waals surface area contributed by atoms with Crippen LogP contribution in [0, 0.1) is 0 Å². The fourth-order valence-corrected chi connectivity index (χ4v) is 1.37. The zero-order valence-electron chi connectivity index (χ0n) is 7.27. The van der Waals surface area contributed by atoms with Gasteiger partial charge in [0.1, 0.15) is 0 Å². The minimum atomic E-state index is -0.524. The molecule has 0 radical (unpaired) electrons. The summed E-state index contributed by atoms with van der Waals surface area (Å²) in [5, 5.41) is 10.2. The van der Waals surface area contributed by atoms with Crippen molar-refractivity contribution in [1.82, 2.24) is 10.5 Å². The molecule has 1 aromatic heterocycles. The number of carbonyl (C=O) groups excluding carboxylic acids is 1. The summed E-state index contributed by atoms with van der Waals surface area (Å²) in [6, 6.07) is 7.08. The van der Waals surface area contributed by atoms with Crippen LogP contribution in [-0.4, -0.2) is 16.1 Å². The summed E-state index contributed by atoms with van der Waals surface area (Å²) in [6.45, 7) is 0. The van der Waals surface area contributed by atoms with Gasteiger partial charge in [-0.15, -0.1) is 0 Å². The van der Waals surface area contributed by atoms with Gasteiger partial charge in [0, 0.05) is 17.8 Å². The van der Waals surface area contributed by atoms with E-state index in [-0.39, 0.29) is 0 Å². The molecular weight excluding hydrogens is 180 g/mol. The maximum absolute atomic E-state index is 11.2. The molecule has 14 heavy (non-hydrogen) atoms. The molecule has 70 valence electrons. The molecule has 2 N–H and O–H groups in total. The highest BCUT2D eigenvalue weighted by Gasteiger charge is 2.07. The molecule has 1 aromatic carbocycles. The monoisotopic (exact) mass is 188 g/mol. The van der Waals surface area contributed by atoms with Gasteiger partial charge in [0.25, 0.3) is 5.91 Å². The molecule has 1 heterocycles. The van der Waals surface area contributed by atoms with Crippen LogP contribution < -0.4 is 5.48 Å². The van der Waals surface area contributed by atoms with E-state index in [0.29, 0.717) is 5.56 Å². The lowest BCUT2D eigenvalue weighted by atomic mass is 10.1. The van der Waals surface area contributed by atoms with Crippen molar-refractivity contribution in [3.63, 3.8) is 0 Å². The van der Waals surface area contributed by atoms with Gasteiger partial charge < -0.3 is 0 Å². The number of aromatic nitrogens is 1. The van der Waals surface area contributed by atoms with Crippen molar-refractivity contribution < 1.29 is 10.0 Å². The van der Waals surface area contributed by atoms with Gasteiger partial charge in [0.05, 0.1) is 5.56 Å². The Hall–Kier alpha value is -1.94. The van der Waals surface area contributed by atoms with Crippen molar-refractivity contribution in [2.45, 2.75) is 0 Å². The van der Waals surface area contributed by atoms with E-state index < -0.39 is 5.91 Å². The maximum Gasteiger partial charge on any atom is 0.275 e. The molecule has 4 heteroatoms. The molecule has 0 spiro atoms. The third kappa shape index (κ3) is 1.31. The van der Waals surface area contributed by atoms with E-state index in [1.54, 1.807) is 30.0 Å². The third-order valence-corrected chi connectivity index (χ3v) is 2.03. The third-order valence-electron chi connectivity index (χ3n) is 2.03. The molecule has 0 saturated heterocycles. The van der Waals surface area contributed by atoms with Gasteiger partial charge in [-0.3, -0.25) is 15.0 Å². The molecule has 2 aromatic rings. The van der Waals surface area contributed by atoms with Crippen molar-refractivity contribution >= 4 is 16.7 Å². The Morgan fingerprint density at radius 3 is 3.00 bits per heavy atom. The van der Waals surface area contributed by atoms with Crippen LogP contribution in [0.1, 0.15) is 10.4 Å². The van der Waals surface area contributed by atoms with Crippen molar-refractivity contribution in [3.05, 3.63) is 42.2 Å². The maximum atomic E-state index is 11.2. The number of nitrogens with one attached hydrogen (secondary N) is 1. The number of fused-ring (bicyclic) bond motifs is 1. The first-order valence-electron chi connectivity index (χ1n) is 4.10. The SMILES string of the molecule is O=C(NO)c1cccc2ccncc12. The van der Waals surface area contributed by atoms with Crippen LogP contribution in [0.3, 0.4) is 0 Å². The minimum absolute atomic E-state index is 0.415. The number of hydrogen-bond donors (Lipinski definition) is 2. The van der Waals surface area contributed by atoms with Gasteiger partial charge in [-0.05, 0) is 17.5 Å². The second-order valence-electron chi connectivity index (χ2n) is 2.84. The average Bonchev–Trinajstić information content (AvgIpc) is 2.27. The Balaban J connectivity index is 2.71. The first kappa shape index (κ1) is 8.65. The first-order valence-corrected chi connectivity index (χ1v) is 4.10. The van der Waals surface area contributed by atoms with Crippen LogP contribution in [0.15, 0.2) is 36.7 Å². The standard InChI is InChI=1S/C10H8N2O2/c13-10(12-14)8-3-1-2-7-4-5-11-6-9(7)8/h1-6,14H,(H,12,13). The van der Waals surface area contributed by atoms with Gasteiger partial charge in [-0.2, -0.15) is 0 Å². The quantitative estimate of drug-likeness (QED) is 0.524. The summed E-state index contributed by atoms with van der Waals surface area (Å²) >= 11 is 0. The van der Waals surface area contributed by atoms with Gasteiger partial charge in [0.15, 0.2) is 0 Å². The smallest absolute Gasteiger partial charge is 0.275 e. The number of hydroxylamine groups is 1. The summed E-state index contributed by atoms with van der Waals surface area (Å²) in [5.74, 6) is -0.524. The Kier molecular flexibility index (Phi) is 2.12. The van der Waals surface area contributed by atoms with Crippen LogP contribution in [-0.2, 0) is 0 Å². The fraction of sp³-hybridized carbons (Fsp3) is 0. The van der Waals surface area contributed by atoms with Gasteiger partial charge in [0.2, 0.25) is 0 Å². The summed E-state index contributed by atoms with van der Waals surface area (Å²) in [4.78, 5) is 15.2. The Morgan fingerprint density at radius 1 is 1.36 bits per heavy atom. The van der Waals surface area contributed by atoms with Crippen molar-refractivity contribution in [3.8, 4) is 0 Å². The number of rotatable bonds is 1. The molecular formula is C10H8N2O2. The fourth-order valence-electron chi connectivity index (χ4n) is 1.37. The summed E-state index contributed by atoms with van der Waals surface area (Å²) in [5.41, 5.74) is 2.02. The van der Waals surface area contributed by atoms with E-state index in [1.165, 1.54) is 0 Å². The summed E-state index contributed by atoms with van der Waals surface area (Å²) in [7, 11) is 0. The number of benzene rings is 1. The highest BCUT2D eigenvalue weighted by atomic mass is 16.5. The van der Waals surface area contributed by atoms with Crippen molar-refractivity contribution in [1.29, 1.82) is 0 Å². The molecule has 0 aliphatic carbocycles. The molecule has 1 amide bonds. The van der Waals surface area contributed by atoms with Crippen LogP contribution in [0.25, 0.3) is 10.8 Å². The molecule has 0 saturated carbocycles. The predicted molar refractivity (Wildman–Crippen MR) is 51.0 cm³/mol. The van der Waals surface area contributed by atoms with Crippen molar-refractivity contribution in [2.24, 2.45) is 0 Å². The van der Waals surface area contributed by atoms with Crippen LogP contribution in [0.4, 0.5) is 0 Å². The van der Waals surface area contributed by atoms with Crippen molar-refractivity contribution in [2.75, 3.05) is 0 Å². The molecule has 0 unspecified atom stereocenters. The van der Waals surface area contributed by atoms with Crippen LogP contribution >= 0.6 is 0 Å². The second-order valence-corrected chi connectivity index (χ2v) is 2.84. The Morgan fingerprint density at radius 2 is 2.21 bits per heavy atom. The molecule has 0 bridgehead atoms. The lowest BCUT2D eigenvalue weighted by Crippen LogP contribution is -2.18. The van der Waals surface area contributed by atoms with Crippen LogP contribution in [0.5, 0.6) is 0 Å². The number of amides is 1. The lowest BCUT2D eigenvalue weighted by molar-refractivity contribution is 0.0708. The Labute approximate surface area is 80.2 Å². The molecule has 0 aliphatic rings. The van der Waals surface area contributed by atoms with E-state index in [4.69, 9.17) is 5.21 Å². The first-order chi connectivity index (χ1) is 6.83. The second kappa shape index (κ2) is 3.43. The normalized spacial score (nSPS) is 10.1. The highest BCUT2D eigenvalue weighted by Crippen LogP contribution is 2.16. The average molecular weight is 188 g/mol. The highest BCUT2D eigenvalue weighted by molar-refractivity contribution is 6.06. The van der Waals surface area contributed by atoms with E-state index in [1.807, 2.05) is 12.1 Å². The zero-order chi connectivity index (χ0) is 9.97. The van der Waals surface area contributed by atoms with Gasteiger partial charge in [-0.1, -0.05) is 12.1 Å². The summed E-state index contributed by atoms with van der Waals surface area (Å²) < 4.78 is 0. The minimum Gasteiger partial charge on any atom is -0.288 e. The molecule has 0 aliphatic heterocycles. The topological polar surface area (TPSA) is 62.2 Å². The summed E-state index contributed by atoms with van der Waals surface area (Å²) in [6.07, 6.45) is 3.25. The number of nitrogens with zero attached hydrogens (tertiary/aromatic N) is 1. The van der Waals surface area contributed by atoms with E-state index >= 15 is 0 Å². The zero-order valence-corrected chi connectivity index (χ0v) is 7.27. The molecule has 0 atom stereocenters. The largest absolute Gasteiger partial charge is 0.288 e. The molecule has 0 fully saturated rings. The van der Waals surface area contributed by atoms with E-state index in [0.717, 1.165) is 10.8 Å². The lowest BCUT2D eigenvalue weighted by Gasteiger charge is -2.02. The van der Waals surface area contributed by atoms with E-state index in [9.17, 15) is 4.79 Å². The number of hydrogen-bond acceptors (Lipinski definition) is 3.